The molecule has 136 valence electrons. The third-order valence-corrected chi connectivity index (χ3v) is 5.02. The number of carbonyl (C=O) groups is 3. The Morgan fingerprint density at radius 3 is 2.88 bits per heavy atom. The van der Waals surface area contributed by atoms with Gasteiger partial charge in [-0.25, -0.2) is 9.78 Å². The average molecular weight is 355 g/mol. The number of nitrogens with zero attached hydrogens (tertiary/aromatic N) is 3. The number of hydrogen-bond donors (Lipinski definition) is 2. The second-order valence-electron chi connectivity index (χ2n) is 6.89. The molecule has 1 aromatic heterocycles. The van der Waals surface area contributed by atoms with Gasteiger partial charge in [-0.1, -0.05) is 12.1 Å². The Bertz CT molecular complexity index is 812. The Kier molecular flexibility index (Phi) is 4.32. The van der Waals surface area contributed by atoms with Gasteiger partial charge in [0.15, 0.2) is 0 Å². The summed E-state index contributed by atoms with van der Waals surface area (Å²) in [5.41, 5.74) is 1.97. The third kappa shape index (κ3) is 3.26. The molecule has 26 heavy (non-hydrogen) atoms. The molecule has 0 saturated carbocycles. The van der Waals surface area contributed by atoms with E-state index in [1.54, 1.807) is 4.90 Å². The first-order valence-corrected chi connectivity index (χ1v) is 8.90. The fourth-order valence-electron chi connectivity index (χ4n) is 3.68. The SMILES string of the molecule is O=C(CN1C(=O)CNC1=O)N1CCC[C@@H](Cc2nc3ccccc3[nH]2)C1. The highest BCUT2D eigenvalue weighted by molar-refractivity contribution is 6.04. The van der Waals surface area contributed by atoms with Crippen LogP contribution < -0.4 is 5.32 Å². The number of fused-ring (bicyclic) bond motifs is 1. The number of aromatic amines is 1. The number of likely N-dealkylation sites (tertiary alicyclic amines) is 1. The maximum absolute atomic E-state index is 12.5. The molecule has 0 bridgehead atoms. The normalized spacial score (nSPS) is 20.7. The lowest BCUT2D eigenvalue weighted by Gasteiger charge is -2.33. The van der Waals surface area contributed by atoms with E-state index in [0.717, 1.165) is 41.0 Å². The van der Waals surface area contributed by atoms with Crippen molar-refractivity contribution >= 4 is 28.9 Å². The van der Waals surface area contributed by atoms with Crippen molar-refractivity contribution in [2.45, 2.75) is 19.3 Å². The molecule has 8 heteroatoms. The van der Waals surface area contributed by atoms with Gasteiger partial charge in [0.05, 0.1) is 17.6 Å². The van der Waals surface area contributed by atoms with Crippen molar-refractivity contribution in [3.05, 3.63) is 30.1 Å². The molecule has 0 aliphatic carbocycles. The number of aromatic nitrogens is 2. The Hall–Kier alpha value is -2.90. The molecule has 4 amide bonds. The van der Waals surface area contributed by atoms with Crippen molar-refractivity contribution in [3.8, 4) is 0 Å². The van der Waals surface area contributed by atoms with Crippen LogP contribution in [0.2, 0.25) is 0 Å². The van der Waals surface area contributed by atoms with Gasteiger partial charge in [0, 0.05) is 19.5 Å². The highest BCUT2D eigenvalue weighted by Gasteiger charge is 2.33. The predicted molar refractivity (Wildman–Crippen MR) is 94.2 cm³/mol. The van der Waals surface area contributed by atoms with Crippen LogP contribution in [0.1, 0.15) is 18.7 Å². The Morgan fingerprint density at radius 2 is 2.12 bits per heavy atom. The van der Waals surface area contributed by atoms with E-state index in [1.165, 1.54) is 0 Å². The first kappa shape index (κ1) is 16.6. The van der Waals surface area contributed by atoms with Gasteiger partial charge in [0.2, 0.25) is 5.91 Å². The van der Waals surface area contributed by atoms with E-state index in [2.05, 4.69) is 15.3 Å². The Balaban J connectivity index is 1.38. The quantitative estimate of drug-likeness (QED) is 0.796. The van der Waals surface area contributed by atoms with Crippen LogP contribution in [-0.4, -0.2) is 63.8 Å². The molecule has 2 fully saturated rings. The molecular formula is C18H21N5O3. The molecule has 0 unspecified atom stereocenters. The first-order valence-electron chi connectivity index (χ1n) is 8.90. The van der Waals surface area contributed by atoms with Gasteiger partial charge < -0.3 is 15.2 Å². The standard InChI is InChI=1S/C18H21N5O3/c24-16-9-19-18(26)23(16)11-17(25)22-7-3-4-12(10-22)8-15-20-13-5-1-2-6-14(13)21-15/h1-2,5-6,12H,3-4,7-11H2,(H,19,26)(H,20,21)/t12-/m0/s1. The van der Waals surface area contributed by atoms with E-state index in [9.17, 15) is 14.4 Å². The van der Waals surface area contributed by atoms with Crippen LogP contribution in [0, 0.1) is 5.92 Å². The van der Waals surface area contributed by atoms with Crippen LogP contribution in [0.5, 0.6) is 0 Å². The van der Waals surface area contributed by atoms with E-state index in [1.807, 2.05) is 24.3 Å². The minimum atomic E-state index is -0.487. The van der Waals surface area contributed by atoms with Crippen LogP contribution in [0.15, 0.2) is 24.3 Å². The minimum absolute atomic E-state index is 0.0270. The van der Waals surface area contributed by atoms with Gasteiger partial charge in [-0.05, 0) is 30.9 Å². The Morgan fingerprint density at radius 1 is 1.27 bits per heavy atom. The van der Waals surface area contributed by atoms with Gasteiger partial charge in [-0.15, -0.1) is 0 Å². The lowest BCUT2D eigenvalue weighted by Crippen LogP contribution is -2.47. The summed E-state index contributed by atoms with van der Waals surface area (Å²) in [7, 11) is 0. The summed E-state index contributed by atoms with van der Waals surface area (Å²) >= 11 is 0. The number of piperidine rings is 1. The molecule has 2 saturated heterocycles. The van der Waals surface area contributed by atoms with Crippen LogP contribution in [0.3, 0.4) is 0 Å². The maximum atomic E-state index is 12.5. The summed E-state index contributed by atoms with van der Waals surface area (Å²) < 4.78 is 0. The van der Waals surface area contributed by atoms with Crippen LogP contribution >= 0.6 is 0 Å². The summed E-state index contributed by atoms with van der Waals surface area (Å²) in [6.45, 7) is 1.08. The van der Waals surface area contributed by atoms with Crippen molar-refractivity contribution in [1.82, 2.24) is 25.1 Å². The van der Waals surface area contributed by atoms with E-state index >= 15 is 0 Å². The zero-order valence-electron chi connectivity index (χ0n) is 14.4. The van der Waals surface area contributed by atoms with Crippen molar-refractivity contribution in [2.24, 2.45) is 5.92 Å². The minimum Gasteiger partial charge on any atom is -0.342 e. The molecule has 1 aromatic carbocycles. The van der Waals surface area contributed by atoms with Crippen molar-refractivity contribution in [3.63, 3.8) is 0 Å². The predicted octanol–water partition coefficient (Wildman–Crippen LogP) is 0.896. The molecule has 4 rings (SSSR count). The van der Waals surface area contributed by atoms with Gasteiger partial charge in [-0.2, -0.15) is 0 Å². The molecule has 8 nitrogen and oxygen atoms in total. The number of H-pyrrole nitrogens is 1. The van der Waals surface area contributed by atoms with E-state index in [-0.39, 0.29) is 24.9 Å². The second-order valence-corrected chi connectivity index (χ2v) is 6.89. The molecule has 3 heterocycles. The second kappa shape index (κ2) is 6.78. The van der Waals surface area contributed by atoms with Crippen LogP contribution in [0.25, 0.3) is 11.0 Å². The summed E-state index contributed by atoms with van der Waals surface area (Å²) in [6.07, 6.45) is 2.72. The summed E-state index contributed by atoms with van der Waals surface area (Å²) in [6, 6.07) is 7.43. The van der Waals surface area contributed by atoms with E-state index in [4.69, 9.17) is 0 Å². The van der Waals surface area contributed by atoms with Gasteiger partial charge in [0.1, 0.15) is 12.4 Å². The van der Waals surface area contributed by atoms with Crippen molar-refractivity contribution in [1.29, 1.82) is 0 Å². The van der Waals surface area contributed by atoms with Crippen LogP contribution in [-0.2, 0) is 16.0 Å². The molecule has 0 radical (unpaired) electrons. The van der Waals surface area contributed by atoms with Crippen LogP contribution in [0.4, 0.5) is 4.79 Å². The monoisotopic (exact) mass is 355 g/mol. The maximum Gasteiger partial charge on any atom is 0.325 e. The van der Waals surface area contributed by atoms with Crippen molar-refractivity contribution in [2.75, 3.05) is 26.2 Å². The molecular weight excluding hydrogens is 334 g/mol. The number of para-hydroxylation sites is 2. The van der Waals surface area contributed by atoms with Gasteiger partial charge in [0.25, 0.3) is 5.91 Å². The summed E-state index contributed by atoms with van der Waals surface area (Å²) in [5.74, 6) is 0.722. The fourth-order valence-corrected chi connectivity index (χ4v) is 3.68. The first-order chi connectivity index (χ1) is 12.6. The lowest BCUT2D eigenvalue weighted by molar-refractivity contribution is -0.137. The van der Waals surface area contributed by atoms with E-state index in [0.29, 0.717) is 19.0 Å². The lowest BCUT2D eigenvalue weighted by atomic mass is 9.94. The molecule has 2 aliphatic heterocycles. The number of imide groups is 1. The number of imidazole rings is 1. The fraction of sp³-hybridized carbons (Fsp3) is 0.444. The largest absolute Gasteiger partial charge is 0.342 e. The number of amides is 4. The van der Waals surface area contributed by atoms with Gasteiger partial charge in [-0.3, -0.25) is 14.5 Å². The number of carbonyl (C=O) groups excluding carboxylic acids is 3. The molecule has 2 aliphatic rings. The summed E-state index contributed by atoms with van der Waals surface area (Å²) in [5, 5.41) is 2.44. The number of hydrogen-bond acceptors (Lipinski definition) is 4. The zero-order chi connectivity index (χ0) is 18.1. The number of benzene rings is 1. The third-order valence-electron chi connectivity index (χ3n) is 5.02. The smallest absolute Gasteiger partial charge is 0.325 e. The van der Waals surface area contributed by atoms with Crippen molar-refractivity contribution < 1.29 is 14.4 Å². The highest BCUT2D eigenvalue weighted by Crippen LogP contribution is 2.21. The zero-order valence-corrected chi connectivity index (χ0v) is 14.4. The van der Waals surface area contributed by atoms with E-state index < -0.39 is 6.03 Å². The topological polar surface area (TPSA) is 98.4 Å². The number of rotatable bonds is 4. The number of nitrogens with one attached hydrogen (secondary N) is 2. The highest BCUT2D eigenvalue weighted by atomic mass is 16.2. The number of urea groups is 1. The molecule has 2 aromatic rings. The average Bonchev–Trinajstić information content (AvgIpc) is 3.19. The van der Waals surface area contributed by atoms with Gasteiger partial charge >= 0.3 is 6.03 Å². The molecule has 2 N–H and O–H groups in total. The molecule has 1 atom stereocenters. The molecule has 0 spiro atoms. The Labute approximate surface area is 150 Å². The summed E-state index contributed by atoms with van der Waals surface area (Å²) in [4.78, 5) is 46.5.